The molecule has 0 saturated carbocycles. The van der Waals surface area contributed by atoms with E-state index in [9.17, 15) is 4.79 Å². The minimum atomic E-state index is -0.274. The largest absolute Gasteiger partial charge is 0.465 e. The third-order valence-corrected chi connectivity index (χ3v) is 2.99. The highest BCUT2D eigenvalue weighted by Gasteiger charge is 2.07. The van der Waals surface area contributed by atoms with Crippen LogP contribution in [0, 0.1) is 0 Å². The predicted octanol–water partition coefficient (Wildman–Crippen LogP) is 2.74. The average molecular weight is 333 g/mol. The number of hydrogen-bond acceptors (Lipinski definition) is 4. The molecule has 1 N–H and O–H groups in total. The van der Waals surface area contributed by atoms with Crippen LogP contribution in [0.15, 0.2) is 52.0 Å². The number of pyridine rings is 1. The molecule has 3 rings (SSSR count). The van der Waals surface area contributed by atoms with Crippen LogP contribution in [-0.2, 0) is 4.79 Å². The molecular formula is C13H9BrN4O2. The maximum absolute atomic E-state index is 11.9. The zero-order valence-corrected chi connectivity index (χ0v) is 11.7. The van der Waals surface area contributed by atoms with Gasteiger partial charge in [0.15, 0.2) is 5.65 Å². The lowest BCUT2D eigenvalue weighted by molar-refractivity contribution is -0.111. The third kappa shape index (κ3) is 2.62. The van der Waals surface area contributed by atoms with Gasteiger partial charge in [-0.1, -0.05) is 0 Å². The van der Waals surface area contributed by atoms with Crippen molar-refractivity contribution in [3.8, 4) is 0 Å². The van der Waals surface area contributed by atoms with E-state index >= 15 is 0 Å². The molecule has 20 heavy (non-hydrogen) atoms. The van der Waals surface area contributed by atoms with Gasteiger partial charge in [0.1, 0.15) is 12.1 Å². The molecule has 3 heterocycles. The molecule has 0 unspecified atom stereocenters. The van der Waals surface area contributed by atoms with Crippen molar-refractivity contribution < 1.29 is 9.21 Å². The zero-order valence-electron chi connectivity index (χ0n) is 10.2. The lowest BCUT2D eigenvalue weighted by Gasteiger charge is -2.04. The van der Waals surface area contributed by atoms with Crippen LogP contribution >= 0.6 is 15.9 Å². The van der Waals surface area contributed by atoms with Crippen molar-refractivity contribution in [3.63, 3.8) is 0 Å². The Balaban J connectivity index is 1.82. The molecule has 0 aliphatic carbocycles. The summed E-state index contributed by atoms with van der Waals surface area (Å²) in [6, 6.07) is 5.29. The highest BCUT2D eigenvalue weighted by molar-refractivity contribution is 9.10. The molecule has 0 fully saturated rings. The summed E-state index contributed by atoms with van der Waals surface area (Å²) in [5.41, 5.74) is 1.15. The van der Waals surface area contributed by atoms with Crippen LogP contribution in [0.2, 0.25) is 0 Å². The van der Waals surface area contributed by atoms with Crippen LogP contribution < -0.4 is 5.32 Å². The minimum absolute atomic E-state index is 0.274. The van der Waals surface area contributed by atoms with Crippen LogP contribution in [0.3, 0.4) is 0 Å². The summed E-state index contributed by atoms with van der Waals surface area (Å²) in [7, 11) is 0. The van der Waals surface area contributed by atoms with Gasteiger partial charge in [0, 0.05) is 16.7 Å². The van der Waals surface area contributed by atoms with Crippen molar-refractivity contribution in [1.82, 2.24) is 14.6 Å². The normalized spacial score (nSPS) is 11.2. The molecule has 7 heteroatoms. The Labute approximate surface area is 122 Å². The number of furan rings is 1. The number of anilines is 1. The van der Waals surface area contributed by atoms with E-state index in [-0.39, 0.29) is 5.91 Å². The second kappa shape index (κ2) is 5.30. The molecule has 0 bridgehead atoms. The van der Waals surface area contributed by atoms with Gasteiger partial charge in [0.05, 0.1) is 12.0 Å². The van der Waals surface area contributed by atoms with Gasteiger partial charge in [-0.15, -0.1) is 10.2 Å². The number of hydrogen-bond donors (Lipinski definition) is 1. The minimum Gasteiger partial charge on any atom is -0.465 e. The van der Waals surface area contributed by atoms with E-state index in [4.69, 9.17) is 4.42 Å². The van der Waals surface area contributed by atoms with Gasteiger partial charge >= 0.3 is 0 Å². The quantitative estimate of drug-likeness (QED) is 0.748. The summed E-state index contributed by atoms with van der Waals surface area (Å²) in [5, 5.41) is 10.5. The first-order valence-electron chi connectivity index (χ1n) is 5.74. The van der Waals surface area contributed by atoms with Crippen molar-refractivity contribution >= 4 is 39.2 Å². The predicted molar refractivity (Wildman–Crippen MR) is 77.1 cm³/mol. The topological polar surface area (TPSA) is 72.4 Å². The van der Waals surface area contributed by atoms with Gasteiger partial charge < -0.3 is 9.73 Å². The SMILES string of the molecule is O=C(/C=C/c1ccco1)Nc1cc(Br)cn2cnnc12. The molecule has 0 saturated heterocycles. The number of halogens is 1. The van der Waals surface area contributed by atoms with Crippen LogP contribution in [0.1, 0.15) is 5.76 Å². The van der Waals surface area contributed by atoms with Gasteiger partial charge in [-0.25, -0.2) is 0 Å². The second-order valence-corrected chi connectivity index (χ2v) is 4.89. The van der Waals surface area contributed by atoms with Crippen molar-refractivity contribution in [3.05, 3.63) is 53.3 Å². The summed E-state index contributed by atoms with van der Waals surface area (Å²) in [5.74, 6) is 0.339. The smallest absolute Gasteiger partial charge is 0.248 e. The third-order valence-electron chi connectivity index (χ3n) is 2.56. The Bertz CT molecular complexity index is 777. The Morgan fingerprint density at radius 2 is 2.40 bits per heavy atom. The maximum Gasteiger partial charge on any atom is 0.248 e. The summed E-state index contributed by atoms with van der Waals surface area (Å²) < 4.78 is 7.64. The van der Waals surface area contributed by atoms with E-state index in [1.165, 1.54) is 6.08 Å². The number of fused-ring (bicyclic) bond motifs is 1. The number of carbonyl (C=O) groups is 1. The summed E-state index contributed by atoms with van der Waals surface area (Å²) >= 11 is 3.37. The van der Waals surface area contributed by atoms with E-state index in [1.807, 2.05) is 6.20 Å². The molecule has 1 amide bonds. The first-order chi connectivity index (χ1) is 9.72. The molecule has 100 valence electrons. The number of carbonyl (C=O) groups excluding carboxylic acids is 1. The molecular weight excluding hydrogens is 324 g/mol. The summed E-state index contributed by atoms with van der Waals surface area (Å²) in [6.45, 7) is 0. The number of rotatable bonds is 3. The van der Waals surface area contributed by atoms with Crippen molar-refractivity contribution in [2.24, 2.45) is 0 Å². The molecule has 0 atom stereocenters. The summed E-state index contributed by atoms with van der Waals surface area (Å²) in [6.07, 6.45) is 7.91. The Morgan fingerprint density at radius 1 is 1.50 bits per heavy atom. The van der Waals surface area contributed by atoms with Crippen molar-refractivity contribution in [2.75, 3.05) is 5.32 Å². The van der Waals surface area contributed by atoms with Crippen LogP contribution in [0.5, 0.6) is 0 Å². The average Bonchev–Trinajstić information content (AvgIpc) is 3.06. The number of nitrogens with one attached hydrogen (secondary N) is 1. The first kappa shape index (κ1) is 12.6. The molecule has 0 aliphatic heterocycles. The van der Waals surface area contributed by atoms with Crippen LogP contribution in [0.25, 0.3) is 11.7 Å². The van der Waals surface area contributed by atoms with Crippen molar-refractivity contribution in [2.45, 2.75) is 0 Å². The molecule has 6 nitrogen and oxygen atoms in total. The van der Waals surface area contributed by atoms with Gasteiger partial charge in [0.2, 0.25) is 5.91 Å². The fourth-order valence-electron chi connectivity index (χ4n) is 1.71. The maximum atomic E-state index is 11.9. The van der Waals surface area contributed by atoms with Gasteiger partial charge in [-0.2, -0.15) is 0 Å². The number of amides is 1. The van der Waals surface area contributed by atoms with Crippen LogP contribution in [-0.4, -0.2) is 20.5 Å². The molecule has 0 spiro atoms. The summed E-state index contributed by atoms with van der Waals surface area (Å²) in [4.78, 5) is 11.9. The standard InChI is InChI=1S/C13H9BrN4O2/c14-9-6-11(13-17-15-8-18(13)7-9)16-12(19)4-3-10-2-1-5-20-10/h1-8H,(H,16,19)/b4-3+. The number of aromatic nitrogens is 3. The monoisotopic (exact) mass is 332 g/mol. The lowest BCUT2D eigenvalue weighted by atomic mass is 10.3. The van der Waals surface area contributed by atoms with Crippen molar-refractivity contribution in [1.29, 1.82) is 0 Å². The zero-order chi connectivity index (χ0) is 13.9. The molecule has 0 aromatic carbocycles. The Morgan fingerprint density at radius 3 is 3.20 bits per heavy atom. The molecule has 3 aromatic heterocycles. The van der Waals surface area contributed by atoms with E-state index in [2.05, 4.69) is 31.4 Å². The fraction of sp³-hybridized carbons (Fsp3) is 0. The molecule has 3 aromatic rings. The molecule has 0 aliphatic rings. The lowest BCUT2D eigenvalue weighted by Crippen LogP contribution is -2.09. The molecule has 0 radical (unpaired) electrons. The number of nitrogens with zero attached hydrogens (tertiary/aromatic N) is 3. The van der Waals surface area contributed by atoms with Gasteiger partial charge in [-0.3, -0.25) is 9.20 Å². The van der Waals surface area contributed by atoms with E-state index in [1.54, 1.807) is 41.3 Å². The van der Waals surface area contributed by atoms with E-state index in [0.29, 0.717) is 17.1 Å². The Kier molecular flexibility index (Phi) is 3.34. The highest BCUT2D eigenvalue weighted by Crippen LogP contribution is 2.20. The van der Waals surface area contributed by atoms with E-state index < -0.39 is 0 Å². The fourth-order valence-corrected chi connectivity index (χ4v) is 2.16. The Hall–Kier alpha value is -2.41. The second-order valence-electron chi connectivity index (χ2n) is 3.97. The van der Waals surface area contributed by atoms with Crippen LogP contribution in [0.4, 0.5) is 5.69 Å². The first-order valence-corrected chi connectivity index (χ1v) is 6.53. The van der Waals surface area contributed by atoms with E-state index in [0.717, 1.165) is 4.47 Å². The highest BCUT2D eigenvalue weighted by atomic mass is 79.9. The van der Waals surface area contributed by atoms with Gasteiger partial charge in [0.25, 0.3) is 0 Å². The van der Waals surface area contributed by atoms with Gasteiger partial charge in [-0.05, 0) is 40.2 Å².